The Morgan fingerprint density at radius 3 is 2.22 bits per heavy atom. The van der Waals surface area contributed by atoms with Crippen LogP contribution in [-0.2, 0) is 19.2 Å². The fraction of sp³-hybridized carbons (Fsp3) is 0.618. The fourth-order valence-corrected chi connectivity index (χ4v) is 7.02. The van der Waals surface area contributed by atoms with Crippen molar-refractivity contribution in [3.05, 3.63) is 30.3 Å². The monoisotopic (exact) mass is 641 g/mol. The van der Waals surface area contributed by atoms with Gasteiger partial charge in [0.25, 0.3) is 5.91 Å². The highest BCUT2D eigenvalue weighted by molar-refractivity contribution is 7.99. The van der Waals surface area contributed by atoms with Crippen molar-refractivity contribution < 1.29 is 24.0 Å². The standard InChI is InChI=1S/C34H51N5O5S/c1-8-11-17-25(27(40)29(35)41)36-30(42)26-23(4)18-21-39(26)31(43)28(33(5,6)7)37-32(44)38-34(19-9-2,20-10-3)22-45-24-15-13-12-14-16-24/h1,12-16,23,25-26,28H,9-11,17-22H2,2-7H3,(H2,35,41)(H,36,42)(H2,37,38,44). The van der Waals surface area contributed by atoms with Crippen molar-refractivity contribution >= 4 is 41.3 Å². The van der Waals surface area contributed by atoms with Crippen LogP contribution in [-0.4, -0.2) is 70.4 Å². The van der Waals surface area contributed by atoms with E-state index in [4.69, 9.17) is 12.2 Å². The summed E-state index contributed by atoms with van der Waals surface area (Å²) in [4.78, 5) is 67.9. The summed E-state index contributed by atoms with van der Waals surface area (Å²) in [7, 11) is 0. The Kier molecular flexibility index (Phi) is 14.4. The molecule has 0 spiro atoms. The number of urea groups is 1. The number of nitrogens with zero attached hydrogens (tertiary/aromatic N) is 1. The molecule has 11 heteroatoms. The maximum Gasteiger partial charge on any atom is 0.315 e. The molecule has 0 radical (unpaired) electrons. The van der Waals surface area contributed by atoms with Gasteiger partial charge in [0, 0.05) is 23.6 Å². The Bertz CT molecular complexity index is 1220. The number of nitrogens with one attached hydrogen (secondary N) is 3. The van der Waals surface area contributed by atoms with Gasteiger partial charge in [0.1, 0.15) is 12.1 Å². The number of primary amides is 1. The van der Waals surface area contributed by atoms with Crippen molar-refractivity contribution in [3.8, 4) is 12.3 Å². The molecular weight excluding hydrogens is 590 g/mol. The van der Waals surface area contributed by atoms with E-state index in [0.717, 1.165) is 30.6 Å². The minimum absolute atomic E-state index is 0.0469. The van der Waals surface area contributed by atoms with Gasteiger partial charge >= 0.3 is 6.03 Å². The normalized spacial score (nSPS) is 17.9. The average Bonchev–Trinajstić information content (AvgIpc) is 3.37. The zero-order chi connectivity index (χ0) is 33.8. The first-order chi connectivity index (χ1) is 21.2. The van der Waals surface area contributed by atoms with E-state index < -0.39 is 58.6 Å². The van der Waals surface area contributed by atoms with Crippen molar-refractivity contribution in [1.29, 1.82) is 0 Å². The van der Waals surface area contributed by atoms with Gasteiger partial charge < -0.3 is 26.6 Å². The zero-order valence-electron chi connectivity index (χ0n) is 27.6. The lowest BCUT2D eigenvalue weighted by molar-refractivity contribution is -0.144. The van der Waals surface area contributed by atoms with Gasteiger partial charge in [-0.1, -0.05) is 72.6 Å². The molecule has 1 fully saturated rings. The van der Waals surface area contributed by atoms with E-state index in [-0.39, 0.29) is 18.8 Å². The third-order valence-electron chi connectivity index (χ3n) is 8.19. The van der Waals surface area contributed by atoms with Crippen molar-refractivity contribution in [3.63, 3.8) is 0 Å². The molecule has 1 aliphatic rings. The first-order valence-corrected chi connectivity index (χ1v) is 16.8. The maximum atomic E-state index is 14.1. The Labute approximate surface area is 272 Å². The highest BCUT2D eigenvalue weighted by Gasteiger charge is 2.46. The number of rotatable bonds is 16. The lowest BCUT2D eigenvalue weighted by atomic mass is 9.85. The molecule has 1 aliphatic heterocycles. The largest absolute Gasteiger partial charge is 0.363 e. The SMILES string of the molecule is C#CCCC(NC(=O)C1C(C)CCN1C(=O)C(NC(=O)NC(CCC)(CCC)CSc1ccccc1)C(C)(C)C)C(=O)C(N)=O. The molecule has 0 bridgehead atoms. The maximum absolute atomic E-state index is 14.1. The van der Waals surface area contributed by atoms with Gasteiger partial charge in [0.05, 0.1) is 11.6 Å². The lowest BCUT2D eigenvalue weighted by Gasteiger charge is -2.38. The second kappa shape index (κ2) is 17.2. The number of terminal acetylenes is 1. The van der Waals surface area contributed by atoms with Gasteiger partial charge in [-0.05, 0) is 49.1 Å². The van der Waals surface area contributed by atoms with Gasteiger partial charge in [0.2, 0.25) is 17.6 Å². The average molecular weight is 642 g/mol. The number of hydrogen-bond donors (Lipinski definition) is 4. The van der Waals surface area contributed by atoms with E-state index in [0.29, 0.717) is 18.7 Å². The molecule has 1 aromatic carbocycles. The van der Waals surface area contributed by atoms with E-state index in [2.05, 4.69) is 35.7 Å². The van der Waals surface area contributed by atoms with E-state index in [1.807, 2.05) is 58.0 Å². The second-order valence-corrected chi connectivity index (χ2v) is 14.1. The Morgan fingerprint density at radius 1 is 1.07 bits per heavy atom. The number of carbonyl (C=O) groups is 5. The van der Waals surface area contributed by atoms with Crippen LogP contribution in [0.15, 0.2) is 35.2 Å². The third-order valence-corrected chi connectivity index (χ3v) is 9.49. The Morgan fingerprint density at radius 2 is 1.69 bits per heavy atom. The Hall–Kier alpha value is -3.52. The molecule has 1 heterocycles. The van der Waals surface area contributed by atoms with Gasteiger partial charge in [-0.15, -0.1) is 24.1 Å². The Balaban J connectivity index is 2.28. The molecule has 0 saturated carbocycles. The molecule has 0 aliphatic carbocycles. The van der Waals surface area contributed by atoms with E-state index in [1.54, 1.807) is 11.8 Å². The first kappa shape index (κ1) is 37.7. The van der Waals surface area contributed by atoms with Gasteiger partial charge in [-0.2, -0.15) is 0 Å². The van der Waals surface area contributed by atoms with Crippen LogP contribution in [0.2, 0.25) is 0 Å². The summed E-state index contributed by atoms with van der Waals surface area (Å²) in [5.41, 5.74) is 4.03. The number of benzene rings is 1. The molecule has 1 saturated heterocycles. The van der Waals surface area contributed by atoms with Crippen LogP contribution in [0.1, 0.15) is 86.5 Å². The van der Waals surface area contributed by atoms with Gasteiger partial charge in [-0.25, -0.2) is 4.79 Å². The minimum Gasteiger partial charge on any atom is -0.363 e. The molecule has 1 aromatic rings. The van der Waals surface area contributed by atoms with Crippen LogP contribution >= 0.6 is 11.8 Å². The molecule has 4 atom stereocenters. The van der Waals surface area contributed by atoms with Crippen LogP contribution in [0.25, 0.3) is 0 Å². The number of Topliss-reactive ketones (excluding diaryl/α,β-unsaturated/α-hetero) is 1. The number of thioether (sulfide) groups is 1. The fourth-order valence-electron chi connectivity index (χ4n) is 5.87. The van der Waals surface area contributed by atoms with Crippen LogP contribution in [0.3, 0.4) is 0 Å². The third kappa shape index (κ3) is 10.8. The molecule has 4 unspecified atom stereocenters. The predicted molar refractivity (Wildman–Crippen MR) is 178 cm³/mol. The van der Waals surface area contributed by atoms with Crippen molar-refractivity contribution in [2.24, 2.45) is 17.1 Å². The topological polar surface area (TPSA) is 151 Å². The summed E-state index contributed by atoms with van der Waals surface area (Å²) in [6.45, 7) is 11.9. The molecule has 5 amide bonds. The van der Waals surface area contributed by atoms with Crippen LogP contribution in [0, 0.1) is 23.7 Å². The van der Waals surface area contributed by atoms with Crippen LogP contribution in [0.4, 0.5) is 4.79 Å². The highest BCUT2D eigenvalue weighted by atomic mass is 32.2. The van der Waals surface area contributed by atoms with Gasteiger partial charge in [0.15, 0.2) is 0 Å². The number of likely N-dealkylation sites (tertiary alicyclic amines) is 1. The quantitative estimate of drug-likeness (QED) is 0.122. The van der Waals surface area contributed by atoms with E-state index in [9.17, 15) is 24.0 Å². The summed E-state index contributed by atoms with van der Waals surface area (Å²) >= 11 is 1.69. The lowest BCUT2D eigenvalue weighted by Crippen LogP contribution is -2.62. The predicted octanol–water partition coefficient (Wildman–Crippen LogP) is 4.02. The van der Waals surface area contributed by atoms with Crippen LogP contribution in [0.5, 0.6) is 0 Å². The molecule has 10 nitrogen and oxygen atoms in total. The number of carbonyl (C=O) groups excluding carboxylic acids is 5. The number of amides is 5. The highest BCUT2D eigenvalue weighted by Crippen LogP contribution is 2.31. The van der Waals surface area contributed by atoms with E-state index in [1.165, 1.54) is 4.90 Å². The van der Waals surface area contributed by atoms with Crippen molar-refractivity contribution in [2.45, 2.75) is 115 Å². The molecule has 5 N–H and O–H groups in total. The first-order valence-electron chi connectivity index (χ1n) is 15.8. The number of ketones is 1. The molecule has 2 rings (SSSR count). The van der Waals surface area contributed by atoms with Crippen LogP contribution < -0.4 is 21.7 Å². The summed E-state index contributed by atoms with van der Waals surface area (Å²) in [5.74, 6) is -0.214. The molecule has 45 heavy (non-hydrogen) atoms. The smallest absolute Gasteiger partial charge is 0.315 e. The second-order valence-electron chi connectivity index (χ2n) is 13.1. The zero-order valence-corrected chi connectivity index (χ0v) is 28.4. The number of nitrogens with two attached hydrogens (primary N) is 1. The molecule has 248 valence electrons. The molecule has 0 aromatic heterocycles. The number of hydrogen-bond acceptors (Lipinski definition) is 6. The summed E-state index contributed by atoms with van der Waals surface area (Å²) in [5, 5.41) is 8.82. The van der Waals surface area contributed by atoms with Crippen molar-refractivity contribution in [2.75, 3.05) is 12.3 Å². The van der Waals surface area contributed by atoms with Gasteiger partial charge in [-0.3, -0.25) is 19.2 Å². The summed E-state index contributed by atoms with van der Waals surface area (Å²) in [6, 6.07) is 6.59. The minimum atomic E-state index is -1.18. The summed E-state index contributed by atoms with van der Waals surface area (Å²) in [6.07, 6.45) is 9.39. The van der Waals surface area contributed by atoms with Crippen molar-refractivity contribution in [1.82, 2.24) is 20.9 Å². The molecular formula is C34H51N5O5S. The van der Waals surface area contributed by atoms with E-state index >= 15 is 0 Å². The summed E-state index contributed by atoms with van der Waals surface area (Å²) < 4.78 is 0.